The third kappa shape index (κ3) is 5.18. The molecule has 0 aliphatic carbocycles. The summed E-state index contributed by atoms with van der Waals surface area (Å²) in [5.41, 5.74) is -0.505. The molecule has 1 heterocycles. The summed E-state index contributed by atoms with van der Waals surface area (Å²) in [6.07, 6.45) is 1.000. The fourth-order valence-corrected chi connectivity index (χ4v) is 2.84. The van der Waals surface area contributed by atoms with Gasteiger partial charge in [0.1, 0.15) is 5.82 Å². The fraction of sp³-hybridized carbons (Fsp3) is 0.611. The van der Waals surface area contributed by atoms with E-state index >= 15 is 0 Å². The average molecular weight is 338 g/mol. The van der Waals surface area contributed by atoms with Crippen LogP contribution in [0, 0.1) is 11.2 Å². The van der Waals surface area contributed by atoms with E-state index in [-0.39, 0.29) is 29.8 Å². The molecule has 1 unspecified atom stereocenters. The molecule has 3 N–H and O–H groups in total. The van der Waals surface area contributed by atoms with E-state index in [1.165, 1.54) is 12.1 Å². The van der Waals surface area contributed by atoms with Crippen LogP contribution in [0.2, 0.25) is 0 Å². The summed E-state index contributed by atoms with van der Waals surface area (Å²) in [7, 11) is 0. The van der Waals surface area contributed by atoms with Gasteiger partial charge in [-0.25, -0.2) is 9.18 Å². The zero-order valence-corrected chi connectivity index (χ0v) is 14.6. The highest BCUT2D eigenvalue weighted by molar-refractivity contribution is 5.74. The van der Waals surface area contributed by atoms with Gasteiger partial charge in [-0.05, 0) is 23.1 Å². The standard InChI is InChI=1S/C18H27FN2O3/c1-17(2,3)15(13-5-4-6-14(19)11-13)21-16(22)20-12-18(23)7-9-24-10-8-18/h4-6,11,15,23H,7-10,12H2,1-3H3,(H2,20,21,22). The van der Waals surface area contributed by atoms with E-state index in [4.69, 9.17) is 4.74 Å². The number of halogens is 1. The van der Waals surface area contributed by atoms with Crippen LogP contribution in [-0.4, -0.2) is 36.5 Å². The molecule has 1 atom stereocenters. The molecule has 1 aromatic rings. The van der Waals surface area contributed by atoms with Crippen LogP contribution in [0.15, 0.2) is 24.3 Å². The SMILES string of the molecule is CC(C)(C)C(NC(=O)NCC1(O)CCOCC1)c1cccc(F)c1. The van der Waals surface area contributed by atoms with Crippen molar-refractivity contribution in [1.82, 2.24) is 10.6 Å². The summed E-state index contributed by atoms with van der Waals surface area (Å²) in [4.78, 5) is 12.3. The van der Waals surface area contributed by atoms with Crippen molar-refractivity contribution >= 4 is 6.03 Å². The zero-order valence-electron chi connectivity index (χ0n) is 14.6. The fourth-order valence-electron chi connectivity index (χ4n) is 2.84. The molecule has 1 fully saturated rings. The molecular weight excluding hydrogens is 311 g/mol. The molecule has 1 aliphatic rings. The third-order valence-corrected chi connectivity index (χ3v) is 4.32. The number of ether oxygens (including phenoxy) is 1. The van der Waals surface area contributed by atoms with Crippen molar-refractivity contribution in [2.75, 3.05) is 19.8 Å². The molecule has 134 valence electrons. The van der Waals surface area contributed by atoms with Gasteiger partial charge in [0, 0.05) is 32.6 Å². The van der Waals surface area contributed by atoms with Gasteiger partial charge in [-0.1, -0.05) is 32.9 Å². The monoisotopic (exact) mass is 338 g/mol. The van der Waals surface area contributed by atoms with Crippen LogP contribution >= 0.6 is 0 Å². The smallest absolute Gasteiger partial charge is 0.315 e. The maximum absolute atomic E-state index is 13.5. The number of carbonyl (C=O) groups is 1. The van der Waals surface area contributed by atoms with E-state index in [0.717, 1.165) is 0 Å². The molecule has 0 radical (unpaired) electrons. The van der Waals surface area contributed by atoms with Crippen molar-refractivity contribution in [3.05, 3.63) is 35.6 Å². The second-order valence-corrected chi connectivity index (χ2v) is 7.52. The van der Waals surface area contributed by atoms with Gasteiger partial charge in [-0.15, -0.1) is 0 Å². The lowest BCUT2D eigenvalue weighted by atomic mass is 9.82. The lowest BCUT2D eigenvalue weighted by molar-refractivity contribution is -0.0601. The Bertz CT molecular complexity index is 566. The molecule has 0 aromatic heterocycles. The number of carbonyl (C=O) groups excluding carboxylic acids is 1. The van der Waals surface area contributed by atoms with Crippen molar-refractivity contribution in [3.8, 4) is 0 Å². The Morgan fingerprint density at radius 3 is 2.62 bits per heavy atom. The lowest BCUT2D eigenvalue weighted by Crippen LogP contribution is -2.50. The van der Waals surface area contributed by atoms with Crippen LogP contribution in [0.1, 0.15) is 45.2 Å². The second kappa shape index (κ2) is 7.49. The molecule has 1 aliphatic heterocycles. The van der Waals surface area contributed by atoms with Gasteiger partial charge in [0.2, 0.25) is 0 Å². The van der Waals surface area contributed by atoms with Crippen LogP contribution in [0.25, 0.3) is 0 Å². The predicted octanol–water partition coefficient (Wildman–Crippen LogP) is 2.75. The van der Waals surface area contributed by atoms with Gasteiger partial charge < -0.3 is 20.5 Å². The van der Waals surface area contributed by atoms with Gasteiger partial charge in [0.15, 0.2) is 0 Å². The molecule has 0 spiro atoms. The Hall–Kier alpha value is -1.66. The van der Waals surface area contributed by atoms with Gasteiger partial charge in [-0.2, -0.15) is 0 Å². The number of urea groups is 1. The summed E-state index contributed by atoms with van der Waals surface area (Å²) in [6, 6.07) is 5.52. The highest BCUT2D eigenvalue weighted by Crippen LogP contribution is 2.33. The molecular formula is C18H27FN2O3. The van der Waals surface area contributed by atoms with E-state index in [9.17, 15) is 14.3 Å². The number of aliphatic hydroxyl groups is 1. The number of benzene rings is 1. The number of rotatable bonds is 4. The minimum Gasteiger partial charge on any atom is -0.388 e. The third-order valence-electron chi connectivity index (χ3n) is 4.32. The van der Waals surface area contributed by atoms with Gasteiger partial charge >= 0.3 is 6.03 Å². The van der Waals surface area contributed by atoms with Gasteiger partial charge in [0.05, 0.1) is 11.6 Å². The van der Waals surface area contributed by atoms with Crippen LogP contribution in [0.5, 0.6) is 0 Å². The number of nitrogens with one attached hydrogen (secondary N) is 2. The van der Waals surface area contributed by atoms with E-state index in [1.807, 2.05) is 20.8 Å². The first kappa shape index (κ1) is 18.7. The molecule has 6 heteroatoms. The van der Waals surface area contributed by atoms with Crippen LogP contribution in [0.3, 0.4) is 0 Å². The summed E-state index contributed by atoms with van der Waals surface area (Å²) in [6.45, 7) is 7.10. The summed E-state index contributed by atoms with van der Waals surface area (Å²) >= 11 is 0. The maximum atomic E-state index is 13.5. The molecule has 24 heavy (non-hydrogen) atoms. The van der Waals surface area contributed by atoms with Gasteiger partial charge in [-0.3, -0.25) is 0 Å². The highest BCUT2D eigenvalue weighted by atomic mass is 19.1. The first-order valence-electron chi connectivity index (χ1n) is 8.30. The molecule has 5 nitrogen and oxygen atoms in total. The summed E-state index contributed by atoms with van der Waals surface area (Å²) in [5.74, 6) is -0.333. The largest absolute Gasteiger partial charge is 0.388 e. The first-order chi connectivity index (χ1) is 11.2. The van der Waals surface area contributed by atoms with Crippen LogP contribution < -0.4 is 10.6 Å². The van der Waals surface area contributed by atoms with Crippen molar-refractivity contribution in [1.29, 1.82) is 0 Å². The van der Waals surface area contributed by atoms with E-state index < -0.39 is 5.60 Å². The van der Waals surface area contributed by atoms with Crippen LogP contribution in [-0.2, 0) is 4.74 Å². The minimum absolute atomic E-state index is 0.169. The number of hydrogen-bond donors (Lipinski definition) is 3. The van der Waals surface area contributed by atoms with Crippen molar-refractivity contribution in [2.45, 2.75) is 45.3 Å². The van der Waals surface area contributed by atoms with E-state index in [2.05, 4.69) is 10.6 Å². The highest BCUT2D eigenvalue weighted by Gasteiger charge is 2.32. The molecule has 1 aromatic carbocycles. The Labute approximate surface area is 142 Å². The number of amides is 2. The Morgan fingerprint density at radius 2 is 2.04 bits per heavy atom. The van der Waals surface area contributed by atoms with E-state index in [1.54, 1.807) is 12.1 Å². The van der Waals surface area contributed by atoms with Crippen molar-refractivity contribution < 1.29 is 19.0 Å². The first-order valence-corrected chi connectivity index (χ1v) is 8.30. The number of hydrogen-bond acceptors (Lipinski definition) is 3. The normalized spacial score (nSPS) is 18.7. The Balaban J connectivity index is 2.00. The molecule has 2 rings (SSSR count). The van der Waals surface area contributed by atoms with Crippen LogP contribution in [0.4, 0.5) is 9.18 Å². The van der Waals surface area contributed by atoms with E-state index in [0.29, 0.717) is 31.6 Å². The summed E-state index contributed by atoms with van der Waals surface area (Å²) < 4.78 is 18.7. The molecule has 2 amide bonds. The quantitative estimate of drug-likeness (QED) is 0.790. The Kier molecular flexibility index (Phi) is 5.83. The lowest BCUT2D eigenvalue weighted by Gasteiger charge is -2.34. The molecule has 0 saturated carbocycles. The van der Waals surface area contributed by atoms with Gasteiger partial charge in [0.25, 0.3) is 0 Å². The zero-order chi connectivity index (χ0) is 17.8. The van der Waals surface area contributed by atoms with Crippen molar-refractivity contribution in [2.24, 2.45) is 5.41 Å². The summed E-state index contributed by atoms with van der Waals surface area (Å²) in [5, 5.41) is 16.0. The predicted molar refractivity (Wildman–Crippen MR) is 90.1 cm³/mol. The maximum Gasteiger partial charge on any atom is 0.315 e. The molecule has 0 bridgehead atoms. The Morgan fingerprint density at radius 1 is 1.38 bits per heavy atom. The molecule has 1 saturated heterocycles. The topological polar surface area (TPSA) is 70.6 Å². The minimum atomic E-state index is -0.925. The second-order valence-electron chi connectivity index (χ2n) is 7.52. The average Bonchev–Trinajstić information content (AvgIpc) is 2.50. The van der Waals surface area contributed by atoms with Crippen molar-refractivity contribution in [3.63, 3.8) is 0 Å².